The van der Waals surface area contributed by atoms with E-state index in [0.717, 1.165) is 32.4 Å². The molecule has 0 radical (unpaired) electrons. The Labute approximate surface area is 151 Å². The highest BCUT2D eigenvalue weighted by Gasteiger charge is 2.32. The van der Waals surface area contributed by atoms with Gasteiger partial charge < -0.3 is 10.2 Å². The maximum atomic E-state index is 12.2. The molecule has 1 saturated heterocycles. The Hall–Kier alpha value is -2.13. The summed E-state index contributed by atoms with van der Waals surface area (Å²) in [6, 6.07) is 19.7. The van der Waals surface area contributed by atoms with Gasteiger partial charge in [-0.25, -0.2) is 0 Å². The van der Waals surface area contributed by atoms with E-state index < -0.39 is 0 Å². The molecular formula is C22H28N2O. The first-order valence-corrected chi connectivity index (χ1v) is 9.23. The van der Waals surface area contributed by atoms with Crippen molar-refractivity contribution in [1.29, 1.82) is 0 Å². The van der Waals surface area contributed by atoms with Crippen molar-refractivity contribution in [3.63, 3.8) is 0 Å². The van der Waals surface area contributed by atoms with Crippen LogP contribution in [0, 0.1) is 6.92 Å². The molecule has 1 aliphatic rings. The lowest BCUT2D eigenvalue weighted by Gasteiger charge is -2.41. The fourth-order valence-electron chi connectivity index (χ4n) is 3.75. The van der Waals surface area contributed by atoms with E-state index in [4.69, 9.17) is 0 Å². The van der Waals surface area contributed by atoms with E-state index in [-0.39, 0.29) is 11.9 Å². The normalized spacial score (nSPS) is 20.5. The Morgan fingerprint density at radius 1 is 1.08 bits per heavy atom. The van der Waals surface area contributed by atoms with E-state index in [9.17, 15) is 4.79 Å². The second kappa shape index (κ2) is 8.30. The van der Waals surface area contributed by atoms with Crippen molar-refractivity contribution in [1.82, 2.24) is 10.2 Å². The Balaban J connectivity index is 1.73. The molecule has 0 unspecified atom stereocenters. The second-order valence-electron chi connectivity index (χ2n) is 7.08. The highest BCUT2D eigenvalue weighted by molar-refractivity contribution is 5.73. The Kier molecular flexibility index (Phi) is 5.87. The number of hydrogen-bond acceptors (Lipinski definition) is 2. The summed E-state index contributed by atoms with van der Waals surface area (Å²) < 4.78 is 0. The first-order valence-electron chi connectivity index (χ1n) is 9.23. The minimum atomic E-state index is 0.184. The maximum absolute atomic E-state index is 12.2. The van der Waals surface area contributed by atoms with Crippen LogP contribution in [0.4, 0.5) is 0 Å². The number of nitrogens with one attached hydrogen (secondary N) is 1. The number of benzene rings is 2. The summed E-state index contributed by atoms with van der Waals surface area (Å²) in [6.07, 6.45) is 3.09. The van der Waals surface area contributed by atoms with Gasteiger partial charge in [0.2, 0.25) is 5.91 Å². The number of piperidine rings is 1. The van der Waals surface area contributed by atoms with Crippen molar-refractivity contribution >= 4 is 5.91 Å². The van der Waals surface area contributed by atoms with Gasteiger partial charge in [0.05, 0.1) is 6.04 Å². The zero-order valence-corrected chi connectivity index (χ0v) is 15.2. The van der Waals surface area contributed by atoms with Crippen LogP contribution in [0.5, 0.6) is 0 Å². The SMILES string of the molecule is CC(=O)N1CCC[C@H](NCc2ccccc2)[C@@H]1Cc1ccc(C)cc1. The molecule has 0 aromatic heterocycles. The fourth-order valence-corrected chi connectivity index (χ4v) is 3.75. The smallest absolute Gasteiger partial charge is 0.219 e. The molecule has 3 rings (SSSR count). The lowest BCUT2D eigenvalue weighted by Crippen LogP contribution is -2.56. The van der Waals surface area contributed by atoms with Crippen molar-refractivity contribution in [3.8, 4) is 0 Å². The summed E-state index contributed by atoms with van der Waals surface area (Å²) >= 11 is 0. The summed E-state index contributed by atoms with van der Waals surface area (Å²) in [5.74, 6) is 0.184. The van der Waals surface area contributed by atoms with Crippen LogP contribution >= 0.6 is 0 Å². The molecule has 0 spiro atoms. The van der Waals surface area contributed by atoms with Gasteiger partial charge in [-0.2, -0.15) is 0 Å². The van der Waals surface area contributed by atoms with Crippen molar-refractivity contribution in [2.24, 2.45) is 0 Å². The van der Waals surface area contributed by atoms with Gasteiger partial charge in [-0.1, -0.05) is 60.2 Å². The summed E-state index contributed by atoms with van der Waals surface area (Å²) in [5.41, 5.74) is 3.86. The van der Waals surface area contributed by atoms with Crippen LogP contribution < -0.4 is 5.32 Å². The van der Waals surface area contributed by atoms with Gasteiger partial charge in [0, 0.05) is 26.1 Å². The first kappa shape index (κ1) is 17.7. The van der Waals surface area contributed by atoms with Crippen LogP contribution in [-0.2, 0) is 17.8 Å². The van der Waals surface area contributed by atoms with Gasteiger partial charge in [0.25, 0.3) is 0 Å². The van der Waals surface area contributed by atoms with Gasteiger partial charge in [0.1, 0.15) is 0 Å². The van der Waals surface area contributed by atoms with Gasteiger partial charge in [0.15, 0.2) is 0 Å². The molecule has 1 heterocycles. The standard InChI is InChI=1S/C22H28N2O/c1-17-10-12-19(13-11-17)15-22-21(9-6-14-24(22)18(2)25)23-16-20-7-4-3-5-8-20/h3-5,7-8,10-13,21-23H,6,9,14-16H2,1-2H3/t21-,22-/m0/s1. The molecular weight excluding hydrogens is 308 g/mol. The van der Waals surface area contributed by atoms with Crippen LogP contribution in [0.2, 0.25) is 0 Å². The monoisotopic (exact) mass is 336 g/mol. The van der Waals surface area contributed by atoms with Gasteiger partial charge >= 0.3 is 0 Å². The molecule has 2 aromatic carbocycles. The van der Waals surface area contributed by atoms with E-state index in [0.29, 0.717) is 6.04 Å². The van der Waals surface area contributed by atoms with Gasteiger partial charge in [-0.3, -0.25) is 4.79 Å². The molecule has 2 atom stereocenters. The average Bonchev–Trinajstić information content (AvgIpc) is 2.63. The van der Waals surface area contributed by atoms with Crippen molar-refractivity contribution < 1.29 is 4.79 Å². The third-order valence-electron chi connectivity index (χ3n) is 5.16. The fraction of sp³-hybridized carbons (Fsp3) is 0.409. The minimum Gasteiger partial charge on any atom is -0.338 e. The van der Waals surface area contributed by atoms with Crippen molar-refractivity contribution in [2.75, 3.05) is 6.54 Å². The predicted octanol–water partition coefficient (Wildman–Crippen LogP) is 3.71. The molecule has 3 nitrogen and oxygen atoms in total. The number of nitrogens with zero attached hydrogens (tertiary/aromatic N) is 1. The molecule has 1 aliphatic heterocycles. The molecule has 25 heavy (non-hydrogen) atoms. The van der Waals surface area contributed by atoms with Gasteiger partial charge in [-0.05, 0) is 37.3 Å². The molecule has 2 aromatic rings. The molecule has 1 fully saturated rings. The van der Waals surface area contributed by atoms with Crippen molar-refractivity contribution in [2.45, 2.75) is 51.7 Å². The predicted molar refractivity (Wildman–Crippen MR) is 102 cm³/mol. The summed E-state index contributed by atoms with van der Waals surface area (Å²) in [6.45, 7) is 5.52. The number of hydrogen-bond donors (Lipinski definition) is 1. The number of rotatable bonds is 5. The van der Waals surface area contributed by atoms with E-state index in [2.05, 4.69) is 65.7 Å². The Bertz CT molecular complexity index is 681. The van der Waals surface area contributed by atoms with E-state index >= 15 is 0 Å². The van der Waals surface area contributed by atoms with Crippen LogP contribution in [0.3, 0.4) is 0 Å². The highest BCUT2D eigenvalue weighted by Crippen LogP contribution is 2.22. The van der Waals surface area contributed by atoms with Crippen molar-refractivity contribution in [3.05, 3.63) is 71.3 Å². The molecule has 132 valence electrons. The van der Waals surface area contributed by atoms with Crippen LogP contribution in [0.25, 0.3) is 0 Å². The maximum Gasteiger partial charge on any atom is 0.219 e. The minimum absolute atomic E-state index is 0.184. The van der Waals surface area contributed by atoms with Crippen LogP contribution in [0.1, 0.15) is 36.5 Å². The Morgan fingerprint density at radius 2 is 1.80 bits per heavy atom. The number of carbonyl (C=O) groups is 1. The molecule has 3 heteroatoms. The largest absolute Gasteiger partial charge is 0.338 e. The summed E-state index contributed by atoms with van der Waals surface area (Å²) in [7, 11) is 0. The quantitative estimate of drug-likeness (QED) is 0.903. The zero-order chi connectivity index (χ0) is 17.6. The number of aryl methyl sites for hydroxylation is 1. The van der Waals surface area contributed by atoms with Crippen LogP contribution in [0.15, 0.2) is 54.6 Å². The average molecular weight is 336 g/mol. The second-order valence-corrected chi connectivity index (χ2v) is 7.08. The highest BCUT2D eigenvalue weighted by atomic mass is 16.2. The number of likely N-dealkylation sites (tertiary alicyclic amines) is 1. The molecule has 0 aliphatic carbocycles. The third kappa shape index (κ3) is 4.70. The van der Waals surface area contributed by atoms with E-state index in [1.807, 2.05) is 6.07 Å². The van der Waals surface area contributed by atoms with E-state index in [1.165, 1.54) is 16.7 Å². The Morgan fingerprint density at radius 3 is 2.48 bits per heavy atom. The topological polar surface area (TPSA) is 32.3 Å². The molecule has 0 bridgehead atoms. The van der Waals surface area contributed by atoms with Gasteiger partial charge in [-0.15, -0.1) is 0 Å². The molecule has 1 amide bonds. The first-order chi connectivity index (χ1) is 12.1. The summed E-state index contributed by atoms with van der Waals surface area (Å²) in [4.78, 5) is 14.2. The van der Waals surface area contributed by atoms with E-state index in [1.54, 1.807) is 6.92 Å². The summed E-state index contributed by atoms with van der Waals surface area (Å²) in [5, 5.41) is 3.71. The lowest BCUT2D eigenvalue weighted by atomic mass is 9.90. The molecule has 1 N–H and O–H groups in total. The zero-order valence-electron chi connectivity index (χ0n) is 15.2. The molecule has 0 saturated carbocycles. The third-order valence-corrected chi connectivity index (χ3v) is 5.16. The number of amides is 1. The van der Waals surface area contributed by atoms with Crippen LogP contribution in [-0.4, -0.2) is 29.4 Å². The number of carbonyl (C=O) groups excluding carboxylic acids is 1. The lowest BCUT2D eigenvalue weighted by molar-refractivity contribution is -0.133.